The minimum atomic E-state index is -1.01. The molecule has 0 aromatic rings. The smallest absolute Gasteiger partial charge is 0.305 e. The van der Waals surface area contributed by atoms with Crippen molar-refractivity contribution in [1.82, 2.24) is 4.90 Å². The molecule has 0 rings (SSSR count). The molecule has 1 amide bonds. The average Bonchev–Trinajstić information content (AvgIpc) is 2.27. The maximum atomic E-state index is 11.7. The third kappa shape index (κ3) is 4.30. The minimum absolute atomic E-state index is 0.236. The van der Waals surface area contributed by atoms with Gasteiger partial charge in [-0.15, -0.1) is 0 Å². The Morgan fingerprint density at radius 3 is 2.44 bits per heavy atom. The van der Waals surface area contributed by atoms with Gasteiger partial charge in [-0.05, 0) is 20.3 Å². The fraction of sp³-hybridized carbons (Fsp3) is 0.727. The molecular weight excluding hydrogens is 208 g/mol. The second-order valence-corrected chi connectivity index (χ2v) is 4.14. The van der Waals surface area contributed by atoms with Crippen molar-refractivity contribution < 1.29 is 14.3 Å². The summed E-state index contributed by atoms with van der Waals surface area (Å²) in [5, 5.41) is 8.79. The van der Waals surface area contributed by atoms with Gasteiger partial charge in [-0.25, -0.2) is 0 Å². The van der Waals surface area contributed by atoms with Crippen molar-refractivity contribution in [2.24, 2.45) is 5.41 Å². The molecule has 0 aliphatic heterocycles. The molecule has 0 spiro atoms. The Bertz CT molecular complexity index is 305. The number of nitrogens with zero attached hydrogens (tertiary/aromatic N) is 2. The highest BCUT2D eigenvalue weighted by atomic mass is 16.5. The molecule has 0 saturated carbocycles. The lowest BCUT2D eigenvalue weighted by Crippen LogP contribution is -2.38. The zero-order chi connectivity index (χ0) is 12.8. The van der Waals surface area contributed by atoms with Crippen molar-refractivity contribution in [3.63, 3.8) is 0 Å². The maximum Gasteiger partial charge on any atom is 0.305 e. The van der Waals surface area contributed by atoms with E-state index >= 15 is 0 Å². The predicted octanol–water partition coefficient (Wildman–Crippen LogP) is 0.948. The number of amides is 1. The van der Waals surface area contributed by atoms with Crippen LogP contribution < -0.4 is 0 Å². The van der Waals surface area contributed by atoms with Gasteiger partial charge in [0.05, 0.1) is 13.2 Å². The molecule has 0 N–H and O–H groups in total. The molecule has 0 aromatic heterocycles. The molecule has 0 unspecified atom stereocenters. The van der Waals surface area contributed by atoms with Gasteiger partial charge in [-0.1, -0.05) is 0 Å². The highest BCUT2D eigenvalue weighted by Gasteiger charge is 2.29. The van der Waals surface area contributed by atoms with Crippen molar-refractivity contribution in [3.05, 3.63) is 0 Å². The van der Waals surface area contributed by atoms with Gasteiger partial charge in [0.2, 0.25) is 5.91 Å². The predicted molar refractivity (Wildman–Crippen MR) is 58.3 cm³/mol. The minimum Gasteiger partial charge on any atom is -0.469 e. The summed E-state index contributed by atoms with van der Waals surface area (Å²) >= 11 is 0. The molecule has 16 heavy (non-hydrogen) atoms. The molecule has 0 radical (unpaired) electrons. The van der Waals surface area contributed by atoms with E-state index in [0.717, 1.165) is 0 Å². The lowest BCUT2D eigenvalue weighted by molar-refractivity contribution is -0.142. The van der Waals surface area contributed by atoms with Crippen LogP contribution in [0.5, 0.6) is 0 Å². The molecular formula is C11H18N2O3. The number of carbonyl (C=O) groups excluding carboxylic acids is 2. The van der Waals surface area contributed by atoms with E-state index in [1.807, 2.05) is 6.07 Å². The van der Waals surface area contributed by atoms with E-state index in [0.29, 0.717) is 13.0 Å². The quantitative estimate of drug-likeness (QED) is 0.654. The van der Waals surface area contributed by atoms with Crippen LogP contribution >= 0.6 is 0 Å². The van der Waals surface area contributed by atoms with Crippen molar-refractivity contribution in [2.75, 3.05) is 20.7 Å². The van der Waals surface area contributed by atoms with Crippen LogP contribution in [0.15, 0.2) is 0 Å². The summed E-state index contributed by atoms with van der Waals surface area (Å²) < 4.78 is 4.49. The van der Waals surface area contributed by atoms with E-state index in [-0.39, 0.29) is 18.3 Å². The normalized spacial score (nSPS) is 10.4. The Morgan fingerprint density at radius 1 is 1.44 bits per heavy atom. The second kappa shape index (κ2) is 6.11. The second-order valence-electron chi connectivity index (χ2n) is 4.14. The molecule has 0 heterocycles. The van der Waals surface area contributed by atoms with E-state index in [4.69, 9.17) is 5.26 Å². The first-order valence-electron chi connectivity index (χ1n) is 5.08. The van der Waals surface area contributed by atoms with Gasteiger partial charge in [0.15, 0.2) is 0 Å². The first-order chi connectivity index (χ1) is 7.35. The summed E-state index contributed by atoms with van der Waals surface area (Å²) in [4.78, 5) is 24.0. The Hall–Kier alpha value is -1.57. The topological polar surface area (TPSA) is 70.4 Å². The fourth-order valence-corrected chi connectivity index (χ4v) is 1.19. The summed E-state index contributed by atoms with van der Waals surface area (Å²) in [6.07, 6.45) is 0.817. The van der Waals surface area contributed by atoms with Gasteiger partial charge in [0.1, 0.15) is 5.41 Å². The van der Waals surface area contributed by atoms with Crippen LogP contribution in [0.4, 0.5) is 0 Å². The first kappa shape index (κ1) is 14.4. The van der Waals surface area contributed by atoms with Crippen molar-refractivity contribution in [2.45, 2.75) is 26.7 Å². The third-order valence-electron chi connectivity index (χ3n) is 2.26. The molecule has 0 aliphatic carbocycles. The van der Waals surface area contributed by atoms with Crippen LogP contribution in [0.2, 0.25) is 0 Å². The lowest BCUT2D eigenvalue weighted by Gasteiger charge is -2.23. The van der Waals surface area contributed by atoms with E-state index in [1.165, 1.54) is 12.0 Å². The number of esters is 1. The van der Waals surface area contributed by atoms with Crippen molar-refractivity contribution in [3.8, 4) is 6.07 Å². The fourth-order valence-electron chi connectivity index (χ4n) is 1.19. The van der Waals surface area contributed by atoms with Gasteiger partial charge in [0.25, 0.3) is 0 Å². The number of ether oxygens (including phenoxy) is 1. The highest BCUT2D eigenvalue weighted by Crippen LogP contribution is 2.16. The molecule has 90 valence electrons. The average molecular weight is 226 g/mol. The number of carbonyl (C=O) groups is 2. The van der Waals surface area contributed by atoms with Crippen LogP contribution in [0.25, 0.3) is 0 Å². The van der Waals surface area contributed by atoms with Gasteiger partial charge in [0, 0.05) is 20.0 Å². The van der Waals surface area contributed by atoms with Gasteiger partial charge in [-0.2, -0.15) is 5.26 Å². The number of methoxy groups -OCH3 is 1. The van der Waals surface area contributed by atoms with Gasteiger partial charge < -0.3 is 9.64 Å². The Balaban J connectivity index is 4.09. The maximum absolute atomic E-state index is 11.7. The Kier molecular flexibility index (Phi) is 5.51. The summed E-state index contributed by atoms with van der Waals surface area (Å²) in [6, 6.07) is 1.95. The first-order valence-corrected chi connectivity index (χ1v) is 5.08. The Labute approximate surface area is 96.0 Å². The summed E-state index contributed by atoms with van der Waals surface area (Å²) in [5.74, 6) is -0.528. The van der Waals surface area contributed by atoms with E-state index in [9.17, 15) is 9.59 Å². The van der Waals surface area contributed by atoms with E-state index < -0.39 is 5.41 Å². The number of rotatable bonds is 5. The summed E-state index contributed by atoms with van der Waals surface area (Å²) in [5.41, 5.74) is -1.01. The van der Waals surface area contributed by atoms with Crippen LogP contribution in [-0.2, 0) is 14.3 Å². The third-order valence-corrected chi connectivity index (χ3v) is 2.26. The van der Waals surface area contributed by atoms with E-state index in [1.54, 1.807) is 20.9 Å². The van der Waals surface area contributed by atoms with Crippen LogP contribution in [0, 0.1) is 16.7 Å². The SMILES string of the molecule is COC(=O)CCCN(C)C(=O)C(C)(C)C#N. The van der Waals surface area contributed by atoms with Gasteiger partial charge in [-0.3, -0.25) is 9.59 Å². The zero-order valence-electron chi connectivity index (χ0n) is 10.2. The summed E-state index contributed by atoms with van der Waals surface area (Å²) in [7, 11) is 2.95. The van der Waals surface area contributed by atoms with Crippen LogP contribution in [0.3, 0.4) is 0 Å². The number of nitriles is 1. The monoisotopic (exact) mass is 226 g/mol. The molecule has 0 aliphatic rings. The largest absolute Gasteiger partial charge is 0.469 e. The molecule has 0 atom stereocenters. The molecule has 0 bridgehead atoms. The van der Waals surface area contributed by atoms with Crippen molar-refractivity contribution >= 4 is 11.9 Å². The Morgan fingerprint density at radius 2 is 2.00 bits per heavy atom. The molecule has 5 heteroatoms. The zero-order valence-corrected chi connectivity index (χ0v) is 10.2. The molecule has 0 fully saturated rings. The lowest BCUT2D eigenvalue weighted by atomic mass is 9.94. The van der Waals surface area contributed by atoms with Crippen LogP contribution in [0.1, 0.15) is 26.7 Å². The highest BCUT2D eigenvalue weighted by molar-refractivity contribution is 5.84. The summed E-state index contributed by atoms with van der Waals surface area (Å²) in [6.45, 7) is 3.59. The van der Waals surface area contributed by atoms with E-state index in [2.05, 4.69) is 4.74 Å². The molecule has 0 aromatic carbocycles. The van der Waals surface area contributed by atoms with Crippen LogP contribution in [-0.4, -0.2) is 37.5 Å². The van der Waals surface area contributed by atoms with Gasteiger partial charge >= 0.3 is 5.97 Å². The molecule has 0 saturated heterocycles. The number of hydrogen-bond donors (Lipinski definition) is 0. The number of hydrogen-bond acceptors (Lipinski definition) is 4. The van der Waals surface area contributed by atoms with Crippen molar-refractivity contribution in [1.29, 1.82) is 5.26 Å². The molecule has 5 nitrogen and oxygen atoms in total. The standard InChI is InChI=1S/C11H18N2O3/c1-11(2,8-12)10(15)13(3)7-5-6-9(14)16-4/h5-7H2,1-4H3.